The van der Waals surface area contributed by atoms with Crippen LogP contribution in [0.3, 0.4) is 0 Å². The van der Waals surface area contributed by atoms with Crippen molar-refractivity contribution in [1.82, 2.24) is 0 Å². The maximum Gasteiger partial charge on any atom is 0.200 e. The highest BCUT2D eigenvalue weighted by molar-refractivity contribution is 5.72. The third-order valence-electron chi connectivity index (χ3n) is 2.77. The molecule has 2 aromatic rings. The van der Waals surface area contributed by atoms with E-state index >= 15 is 0 Å². The van der Waals surface area contributed by atoms with Gasteiger partial charge in [-0.25, -0.2) is 0 Å². The summed E-state index contributed by atoms with van der Waals surface area (Å²) in [4.78, 5) is 0. The molecule has 19 heavy (non-hydrogen) atoms. The number of benzene rings is 2. The molecule has 0 saturated carbocycles. The molecule has 0 saturated heterocycles. The molecule has 3 nitrogen and oxygen atoms in total. The summed E-state index contributed by atoms with van der Waals surface area (Å²) in [6.45, 7) is 0. The Labute approximate surface area is 112 Å². The average Bonchev–Trinajstić information content (AvgIpc) is 2.47. The van der Waals surface area contributed by atoms with E-state index in [0.717, 1.165) is 11.1 Å². The van der Waals surface area contributed by atoms with E-state index in [-0.39, 0.29) is 5.75 Å². The van der Waals surface area contributed by atoms with Crippen molar-refractivity contribution in [1.29, 1.82) is 0 Å². The summed E-state index contributed by atoms with van der Waals surface area (Å²) in [6, 6.07) is 13.5. The summed E-state index contributed by atoms with van der Waals surface area (Å²) in [5.41, 5.74) is 2.00. The van der Waals surface area contributed by atoms with Crippen LogP contribution in [0, 0.1) is 0 Å². The quantitative estimate of drug-likeness (QED) is 0.850. The van der Waals surface area contributed by atoms with E-state index in [2.05, 4.69) is 0 Å². The minimum atomic E-state index is 0.0156. The number of phenols is 1. The van der Waals surface area contributed by atoms with Crippen LogP contribution in [-0.4, -0.2) is 19.3 Å². The van der Waals surface area contributed by atoms with Gasteiger partial charge in [0.2, 0.25) is 5.75 Å². The largest absolute Gasteiger partial charge is 0.502 e. The van der Waals surface area contributed by atoms with Gasteiger partial charge in [-0.2, -0.15) is 0 Å². The molecule has 0 aliphatic rings. The SMILES string of the molecule is COc1cc(C=Cc2ccccc2)cc(OC)c1O. The molecule has 2 aromatic carbocycles. The highest BCUT2D eigenvalue weighted by Gasteiger charge is 2.09. The lowest BCUT2D eigenvalue weighted by molar-refractivity contribution is 0.340. The Morgan fingerprint density at radius 3 is 1.89 bits per heavy atom. The van der Waals surface area contributed by atoms with E-state index < -0.39 is 0 Å². The van der Waals surface area contributed by atoms with E-state index in [0.29, 0.717) is 11.5 Å². The number of ether oxygens (including phenoxy) is 2. The Hall–Kier alpha value is -2.42. The molecule has 0 amide bonds. The molecule has 0 heterocycles. The van der Waals surface area contributed by atoms with Gasteiger partial charge in [0.05, 0.1) is 14.2 Å². The van der Waals surface area contributed by atoms with Crippen LogP contribution in [0.25, 0.3) is 12.2 Å². The van der Waals surface area contributed by atoms with Gasteiger partial charge in [-0.3, -0.25) is 0 Å². The van der Waals surface area contributed by atoms with E-state index in [1.807, 2.05) is 42.5 Å². The van der Waals surface area contributed by atoms with Gasteiger partial charge in [-0.05, 0) is 23.3 Å². The van der Waals surface area contributed by atoms with Crippen LogP contribution in [0.2, 0.25) is 0 Å². The minimum absolute atomic E-state index is 0.0156. The smallest absolute Gasteiger partial charge is 0.200 e. The van der Waals surface area contributed by atoms with E-state index in [9.17, 15) is 5.11 Å². The lowest BCUT2D eigenvalue weighted by Gasteiger charge is -2.09. The number of rotatable bonds is 4. The first-order valence-corrected chi connectivity index (χ1v) is 5.92. The zero-order valence-corrected chi connectivity index (χ0v) is 11.0. The average molecular weight is 256 g/mol. The van der Waals surface area contributed by atoms with Gasteiger partial charge in [0.1, 0.15) is 0 Å². The molecule has 0 atom stereocenters. The fourth-order valence-electron chi connectivity index (χ4n) is 1.77. The van der Waals surface area contributed by atoms with Crippen molar-refractivity contribution in [3.63, 3.8) is 0 Å². The first kappa shape index (κ1) is 13.0. The van der Waals surface area contributed by atoms with Gasteiger partial charge in [0.15, 0.2) is 11.5 Å². The number of aromatic hydroxyl groups is 1. The van der Waals surface area contributed by atoms with Gasteiger partial charge >= 0.3 is 0 Å². The molecular formula is C16H16O3. The standard InChI is InChI=1S/C16H16O3/c1-18-14-10-13(11-15(19-2)16(14)17)9-8-12-6-4-3-5-7-12/h3-11,17H,1-2H3. The molecule has 0 aliphatic carbocycles. The van der Waals surface area contributed by atoms with Gasteiger partial charge in [0.25, 0.3) is 0 Å². The van der Waals surface area contributed by atoms with Crippen molar-refractivity contribution in [2.24, 2.45) is 0 Å². The minimum Gasteiger partial charge on any atom is -0.502 e. The number of hydrogen-bond donors (Lipinski definition) is 1. The normalized spacial score (nSPS) is 10.6. The summed E-state index contributed by atoms with van der Waals surface area (Å²) in [6.07, 6.45) is 3.94. The maximum absolute atomic E-state index is 9.82. The first-order chi connectivity index (χ1) is 9.24. The van der Waals surface area contributed by atoms with Crippen molar-refractivity contribution in [3.8, 4) is 17.2 Å². The Morgan fingerprint density at radius 2 is 1.37 bits per heavy atom. The predicted octanol–water partition coefficient (Wildman–Crippen LogP) is 3.58. The Kier molecular flexibility index (Phi) is 4.08. The molecule has 0 aromatic heterocycles. The molecule has 3 heteroatoms. The third kappa shape index (κ3) is 3.07. The van der Waals surface area contributed by atoms with Crippen LogP contribution in [0.4, 0.5) is 0 Å². The van der Waals surface area contributed by atoms with Crippen molar-refractivity contribution in [2.45, 2.75) is 0 Å². The molecule has 0 fully saturated rings. The molecule has 0 aliphatic heterocycles. The van der Waals surface area contributed by atoms with Crippen molar-refractivity contribution >= 4 is 12.2 Å². The first-order valence-electron chi connectivity index (χ1n) is 5.92. The van der Waals surface area contributed by atoms with Crippen molar-refractivity contribution < 1.29 is 14.6 Å². The van der Waals surface area contributed by atoms with E-state index in [4.69, 9.17) is 9.47 Å². The summed E-state index contributed by atoms with van der Waals surface area (Å²) in [7, 11) is 3.03. The molecule has 0 radical (unpaired) electrons. The molecule has 2 rings (SSSR count). The number of phenolic OH excluding ortho intramolecular Hbond substituents is 1. The fraction of sp³-hybridized carbons (Fsp3) is 0.125. The van der Waals surface area contributed by atoms with Gasteiger partial charge in [-0.15, -0.1) is 0 Å². The van der Waals surface area contributed by atoms with Gasteiger partial charge in [-0.1, -0.05) is 42.5 Å². The van der Waals surface area contributed by atoms with Crippen LogP contribution in [0.5, 0.6) is 17.2 Å². The fourth-order valence-corrected chi connectivity index (χ4v) is 1.77. The molecule has 0 spiro atoms. The van der Waals surface area contributed by atoms with Crippen LogP contribution >= 0.6 is 0 Å². The number of hydrogen-bond acceptors (Lipinski definition) is 3. The molecular weight excluding hydrogens is 240 g/mol. The van der Waals surface area contributed by atoms with Gasteiger partial charge in [0, 0.05) is 0 Å². The second kappa shape index (κ2) is 5.96. The second-order valence-electron chi connectivity index (χ2n) is 4.02. The molecule has 0 bridgehead atoms. The van der Waals surface area contributed by atoms with Crippen LogP contribution in [0.1, 0.15) is 11.1 Å². The Morgan fingerprint density at radius 1 is 0.842 bits per heavy atom. The summed E-state index contributed by atoms with van der Waals surface area (Å²) in [5, 5.41) is 9.82. The van der Waals surface area contributed by atoms with E-state index in [1.54, 1.807) is 12.1 Å². The Balaban J connectivity index is 2.33. The molecule has 0 unspecified atom stereocenters. The van der Waals surface area contributed by atoms with Crippen LogP contribution < -0.4 is 9.47 Å². The summed E-state index contributed by atoms with van der Waals surface area (Å²) >= 11 is 0. The van der Waals surface area contributed by atoms with Crippen LogP contribution in [0.15, 0.2) is 42.5 Å². The summed E-state index contributed by atoms with van der Waals surface area (Å²) in [5.74, 6) is 0.806. The second-order valence-corrected chi connectivity index (χ2v) is 4.02. The number of methoxy groups -OCH3 is 2. The lowest BCUT2D eigenvalue weighted by Crippen LogP contribution is -1.90. The van der Waals surface area contributed by atoms with Crippen LogP contribution in [-0.2, 0) is 0 Å². The highest BCUT2D eigenvalue weighted by atomic mass is 16.5. The Bertz CT molecular complexity index is 549. The van der Waals surface area contributed by atoms with Crippen molar-refractivity contribution in [3.05, 3.63) is 53.6 Å². The zero-order valence-electron chi connectivity index (χ0n) is 11.0. The topological polar surface area (TPSA) is 38.7 Å². The van der Waals surface area contributed by atoms with E-state index in [1.165, 1.54) is 14.2 Å². The zero-order chi connectivity index (χ0) is 13.7. The molecule has 1 N–H and O–H groups in total. The third-order valence-corrected chi connectivity index (χ3v) is 2.77. The monoisotopic (exact) mass is 256 g/mol. The molecule has 98 valence electrons. The summed E-state index contributed by atoms with van der Waals surface area (Å²) < 4.78 is 10.2. The highest BCUT2D eigenvalue weighted by Crippen LogP contribution is 2.37. The predicted molar refractivity (Wildman–Crippen MR) is 76.6 cm³/mol. The van der Waals surface area contributed by atoms with Gasteiger partial charge < -0.3 is 14.6 Å². The maximum atomic E-state index is 9.82. The van der Waals surface area contributed by atoms with Crippen molar-refractivity contribution in [2.75, 3.05) is 14.2 Å². The lowest BCUT2D eigenvalue weighted by atomic mass is 10.1.